The Labute approximate surface area is 178 Å². The Bertz CT molecular complexity index is 1220. The maximum Gasteiger partial charge on any atom is 0.546 e. The maximum absolute atomic E-state index is 12.7. The van der Waals surface area contributed by atoms with Crippen molar-refractivity contribution in [3.63, 3.8) is 0 Å². The molecule has 7 heteroatoms. The summed E-state index contributed by atoms with van der Waals surface area (Å²) >= 11 is 1.62. The Hall–Kier alpha value is -3.31. The monoisotopic (exact) mass is 433 g/mol. The summed E-state index contributed by atoms with van der Waals surface area (Å²) in [4.78, 5) is 23.4. The largest absolute Gasteiger partial charge is 0.546 e. The Morgan fingerprint density at radius 3 is 2.37 bits per heavy atom. The summed E-state index contributed by atoms with van der Waals surface area (Å²) in [6.07, 6.45) is 0. The van der Waals surface area contributed by atoms with Crippen LogP contribution < -0.4 is 16.4 Å². The molecule has 4 rings (SSSR count). The van der Waals surface area contributed by atoms with E-state index in [1.54, 1.807) is 59.9 Å². The number of carbonyl (C=O) groups excluding carboxylic acids is 1. The van der Waals surface area contributed by atoms with E-state index in [0.29, 0.717) is 27.8 Å². The first-order chi connectivity index (χ1) is 14.5. The highest BCUT2D eigenvalue weighted by atomic mass is 32.1. The van der Waals surface area contributed by atoms with Gasteiger partial charge in [-0.25, -0.2) is 0 Å². The van der Waals surface area contributed by atoms with Crippen molar-refractivity contribution in [1.82, 2.24) is 0 Å². The third kappa shape index (κ3) is 4.16. The van der Waals surface area contributed by atoms with Gasteiger partial charge in [0.25, 0.3) is 5.91 Å². The van der Waals surface area contributed by atoms with Crippen molar-refractivity contribution in [2.75, 3.05) is 11.1 Å². The molecule has 0 fully saturated rings. The molecule has 1 aromatic heterocycles. The van der Waals surface area contributed by atoms with Crippen LogP contribution in [0.2, 0.25) is 0 Å². The number of anilines is 2. The number of benzene rings is 3. The number of rotatable bonds is 5. The number of hydrogen-bond acceptors (Lipinski definition) is 4. The van der Waals surface area contributed by atoms with Crippen molar-refractivity contribution >= 4 is 42.0 Å². The lowest BCUT2D eigenvalue weighted by Gasteiger charge is -2.10. The number of amides is 1. The molecular formula is C23H18N2O3PS+. The molecule has 5 nitrogen and oxygen atoms in total. The first-order valence-electron chi connectivity index (χ1n) is 9.13. The van der Waals surface area contributed by atoms with Gasteiger partial charge in [0.2, 0.25) is 5.30 Å². The summed E-state index contributed by atoms with van der Waals surface area (Å²) in [7, 11) is -2.46. The van der Waals surface area contributed by atoms with Crippen molar-refractivity contribution < 1.29 is 14.3 Å². The van der Waals surface area contributed by atoms with Crippen molar-refractivity contribution in [1.29, 1.82) is 0 Å². The minimum Gasteiger partial charge on any atom is -0.397 e. The van der Waals surface area contributed by atoms with Crippen LogP contribution in [0.15, 0.2) is 84.2 Å². The van der Waals surface area contributed by atoms with Crippen molar-refractivity contribution in [2.24, 2.45) is 0 Å². The fourth-order valence-electron chi connectivity index (χ4n) is 3.14. The number of nitrogens with two attached hydrogens (primary N) is 1. The lowest BCUT2D eigenvalue weighted by atomic mass is 10.0. The summed E-state index contributed by atoms with van der Waals surface area (Å²) in [5.74, 6) is -0.280. The molecule has 0 saturated heterocycles. The van der Waals surface area contributed by atoms with Crippen LogP contribution in [-0.2, 0) is 4.57 Å². The second kappa shape index (κ2) is 8.59. The van der Waals surface area contributed by atoms with Crippen LogP contribution in [0.4, 0.5) is 11.4 Å². The topological polar surface area (TPSA) is 92.4 Å². The minimum atomic E-state index is -2.46. The lowest BCUT2D eigenvalue weighted by molar-refractivity contribution is 0.102. The molecule has 148 valence electrons. The first kappa shape index (κ1) is 20.0. The minimum absolute atomic E-state index is 0.280. The van der Waals surface area contributed by atoms with Crippen molar-refractivity contribution in [2.45, 2.75) is 0 Å². The molecule has 0 saturated carbocycles. The molecule has 0 aliphatic rings. The van der Waals surface area contributed by atoms with Crippen LogP contribution in [-0.4, -0.2) is 10.8 Å². The molecule has 0 bridgehead atoms. The standard InChI is InChI=1S/C23H17N2O3PS/c24-19-12-11-17(22-6-3-13-30-22)14-20(19)25-23(26)16-9-7-15(8-10-16)18-4-1-2-5-21(18)29(27)28/h1-14H,(H3-,24,25,26,27,28)/p+1. The number of carbonyl (C=O) groups is 1. The second-order valence-electron chi connectivity index (χ2n) is 6.60. The molecule has 30 heavy (non-hydrogen) atoms. The van der Waals surface area contributed by atoms with Crippen LogP contribution in [0.3, 0.4) is 0 Å². The van der Waals surface area contributed by atoms with Gasteiger partial charge in [-0.15, -0.1) is 11.3 Å². The number of thiophene rings is 1. The van der Waals surface area contributed by atoms with Gasteiger partial charge in [0.15, 0.2) is 0 Å². The highest BCUT2D eigenvalue weighted by Gasteiger charge is 2.22. The fourth-order valence-corrected chi connectivity index (χ4v) is 4.49. The number of nitrogen functional groups attached to an aromatic ring is 1. The number of nitrogens with one attached hydrogen (secondary N) is 1. The smallest absolute Gasteiger partial charge is 0.397 e. The fraction of sp³-hybridized carbons (Fsp3) is 0. The van der Waals surface area contributed by atoms with Gasteiger partial charge in [-0.3, -0.25) is 4.79 Å². The lowest BCUT2D eigenvalue weighted by Crippen LogP contribution is -2.13. The Morgan fingerprint density at radius 2 is 1.67 bits per heavy atom. The molecule has 1 atom stereocenters. The van der Waals surface area contributed by atoms with E-state index in [0.717, 1.165) is 16.0 Å². The average Bonchev–Trinajstić information content (AvgIpc) is 3.30. The molecule has 0 radical (unpaired) electrons. The van der Waals surface area contributed by atoms with Gasteiger partial charge >= 0.3 is 8.03 Å². The van der Waals surface area contributed by atoms with Gasteiger partial charge in [-0.05, 0) is 63.5 Å². The zero-order valence-corrected chi connectivity index (χ0v) is 17.5. The molecular weight excluding hydrogens is 415 g/mol. The number of hydrogen-bond donors (Lipinski definition) is 3. The molecule has 4 aromatic rings. The Balaban J connectivity index is 1.57. The van der Waals surface area contributed by atoms with E-state index in [1.807, 2.05) is 35.7 Å². The summed E-state index contributed by atoms with van der Waals surface area (Å²) in [5, 5.41) is 5.23. The van der Waals surface area contributed by atoms with Gasteiger partial charge in [0, 0.05) is 16.0 Å². The van der Waals surface area contributed by atoms with Gasteiger partial charge in [-0.1, -0.05) is 36.4 Å². The maximum atomic E-state index is 12.7. The van der Waals surface area contributed by atoms with E-state index in [1.165, 1.54) is 0 Å². The molecule has 3 aromatic carbocycles. The van der Waals surface area contributed by atoms with Gasteiger partial charge < -0.3 is 11.1 Å². The molecule has 0 aliphatic carbocycles. The van der Waals surface area contributed by atoms with E-state index < -0.39 is 8.03 Å². The van der Waals surface area contributed by atoms with E-state index in [-0.39, 0.29) is 5.91 Å². The van der Waals surface area contributed by atoms with Gasteiger partial charge in [-0.2, -0.15) is 4.89 Å². The quantitative estimate of drug-likeness (QED) is 0.295. The molecule has 0 aliphatic heterocycles. The predicted octanol–water partition coefficient (Wildman–Crippen LogP) is 5.28. The van der Waals surface area contributed by atoms with E-state index >= 15 is 0 Å². The highest BCUT2D eigenvalue weighted by molar-refractivity contribution is 7.47. The molecule has 0 spiro atoms. The molecule has 1 unspecified atom stereocenters. The molecule has 1 heterocycles. The van der Waals surface area contributed by atoms with Gasteiger partial charge in [0.1, 0.15) is 0 Å². The second-order valence-corrected chi connectivity index (χ2v) is 8.58. The summed E-state index contributed by atoms with van der Waals surface area (Å²) < 4.78 is 11.6. The summed E-state index contributed by atoms with van der Waals surface area (Å²) in [5.41, 5.74) is 9.97. The van der Waals surface area contributed by atoms with Crippen LogP contribution in [0.5, 0.6) is 0 Å². The Kier molecular flexibility index (Phi) is 5.72. The third-order valence-electron chi connectivity index (χ3n) is 4.68. The summed E-state index contributed by atoms with van der Waals surface area (Å²) in [6, 6.07) is 23.4. The zero-order valence-electron chi connectivity index (χ0n) is 15.8. The van der Waals surface area contributed by atoms with Crippen LogP contribution in [0, 0.1) is 0 Å². The molecule has 1 amide bonds. The van der Waals surface area contributed by atoms with Crippen LogP contribution in [0.25, 0.3) is 21.6 Å². The van der Waals surface area contributed by atoms with E-state index in [2.05, 4.69) is 5.32 Å². The highest BCUT2D eigenvalue weighted by Crippen LogP contribution is 2.31. The Morgan fingerprint density at radius 1 is 0.933 bits per heavy atom. The van der Waals surface area contributed by atoms with Gasteiger partial charge in [0.05, 0.1) is 11.4 Å². The van der Waals surface area contributed by atoms with E-state index in [4.69, 9.17) is 5.73 Å². The normalized spacial score (nSPS) is 11.2. The summed E-state index contributed by atoms with van der Waals surface area (Å²) in [6.45, 7) is 0. The predicted molar refractivity (Wildman–Crippen MR) is 123 cm³/mol. The third-order valence-corrected chi connectivity index (χ3v) is 6.40. The van der Waals surface area contributed by atoms with Crippen LogP contribution >= 0.6 is 19.4 Å². The SMILES string of the molecule is Nc1ccc(-c2cccs2)cc1NC(=O)c1ccc(-c2ccccc2[P+](=O)O)cc1. The van der Waals surface area contributed by atoms with Crippen LogP contribution in [0.1, 0.15) is 10.4 Å². The van der Waals surface area contributed by atoms with Crippen molar-refractivity contribution in [3.05, 3.63) is 89.8 Å². The first-order valence-corrected chi connectivity index (χ1v) is 11.2. The zero-order chi connectivity index (χ0) is 21.1. The van der Waals surface area contributed by atoms with Crippen molar-refractivity contribution in [3.8, 4) is 21.6 Å². The molecule has 4 N–H and O–H groups in total. The van der Waals surface area contributed by atoms with E-state index in [9.17, 15) is 14.3 Å². The average molecular weight is 433 g/mol.